The summed E-state index contributed by atoms with van der Waals surface area (Å²) < 4.78 is 16.5. The fourth-order valence-electron chi connectivity index (χ4n) is 2.33. The minimum atomic E-state index is -0.376. The molecule has 6 nitrogen and oxygen atoms in total. The standard InChI is InChI=1S/C21H25ClN2O4/c1-3-4-5-11-27-19-10-9-16(12-20(19)26-2)14-23-24-21(25)15-28-18-8-6-7-17(22)13-18/h6-10,12-14H,3-5,11,15H2,1-2H3,(H,24,25)/b23-14+. The highest BCUT2D eigenvalue weighted by molar-refractivity contribution is 6.30. The monoisotopic (exact) mass is 404 g/mol. The number of methoxy groups -OCH3 is 1. The van der Waals surface area contributed by atoms with Gasteiger partial charge in [-0.3, -0.25) is 4.79 Å². The number of benzene rings is 2. The Morgan fingerprint density at radius 1 is 1.14 bits per heavy atom. The second-order valence-corrected chi connectivity index (χ2v) is 6.44. The van der Waals surface area contributed by atoms with Crippen molar-refractivity contribution in [2.24, 2.45) is 5.10 Å². The molecule has 0 saturated heterocycles. The summed E-state index contributed by atoms with van der Waals surface area (Å²) in [4.78, 5) is 11.8. The van der Waals surface area contributed by atoms with Crippen molar-refractivity contribution in [2.45, 2.75) is 26.2 Å². The van der Waals surface area contributed by atoms with Crippen molar-refractivity contribution in [3.63, 3.8) is 0 Å². The number of rotatable bonds is 11. The number of carbonyl (C=O) groups is 1. The third-order valence-electron chi connectivity index (χ3n) is 3.76. The van der Waals surface area contributed by atoms with Crippen molar-refractivity contribution in [1.29, 1.82) is 0 Å². The first-order chi connectivity index (χ1) is 13.6. The fourth-order valence-corrected chi connectivity index (χ4v) is 2.51. The summed E-state index contributed by atoms with van der Waals surface area (Å²) in [5.74, 6) is 1.45. The van der Waals surface area contributed by atoms with Crippen LogP contribution in [0.2, 0.25) is 5.02 Å². The molecule has 0 aliphatic rings. The van der Waals surface area contributed by atoms with Crippen LogP contribution in [0.1, 0.15) is 31.7 Å². The molecule has 0 aliphatic carbocycles. The summed E-state index contributed by atoms with van der Waals surface area (Å²) in [6.07, 6.45) is 4.81. The van der Waals surface area contributed by atoms with Gasteiger partial charge in [0.2, 0.25) is 0 Å². The average molecular weight is 405 g/mol. The molecule has 0 bridgehead atoms. The molecule has 0 aliphatic heterocycles. The molecule has 0 radical (unpaired) electrons. The molecule has 0 saturated carbocycles. The van der Waals surface area contributed by atoms with Crippen molar-refractivity contribution in [3.05, 3.63) is 53.1 Å². The quantitative estimate of drug-likeness (QED) is 0.341. The van der Waals surface area contributed by atoms with Crippen LogP contribution in [0.25, 0.3) is 0 Å². The van der Waals surface area contributed by atoms with Crippen LogP contribution in [-0.2, 0) is 4.79 Å². The lowest BCUT2D eigenvalue weighted by Gasteiger charge is -2.11. The highest BCUT2D eigenvalue weighted by atomic mass is 35.5. The SMILES string of the molecule is CCCCCOc1ccc(/C=N/NC(=O)COc2cccc(Cl)c2)cc1OC. The molecule has 0 spiro atoms. The maximum absolute atomic E-state index is 11.8. The van der Waals surface area contributed by atoms with E-state index in [-0.39, 0.29) is 12.5 Å². The summed E-state index contributed by atoms with van der Waals surface area (Å²) in [6.45, 7) is 2.64. The molecule has 0 fully saturated rings. The summed E-state index contributed by atoms with van der Waals surface area (Å²) in [5, 5.41) is 4.48. The van der Waals surface area contributed by atoms with Crippen LogP contribution in [0.15, 0.2) is 47.6 Å². The molecule has 150 valence electrons. The van der Waals surface area contributed by atoms with E-state index < -0.39 is 0 Å². The van der Waals surface area contributed by atoms with Crippen LogP contribution in [0.3, 0.4) is 0 Å². The predicted octanol–water partition coefficient (Wildman–Crippen LogP) is 4.45. The van der Waals surface area contributed by atoms with Gasteiger partial charge in [-0.05, 0) is 48.4 Å². The Morgan fingerprint density at radius 2 is 2.00 bits per heavy atom. The Bertz CT molecular complexity index is 796. The van der Waals surface area contributed by atoms with Gasteiger partial charge in [-0.25, -0.2) is 5.43 Å². The third-order valence-corrected chi connectivity index (χ3v) is 4.00. The van der Waals surface area contributed by atoms with E-state index >= 15 is 0 Å². The molecule has 0 unspecified atom stereocenters. The Kier molecular flexibility index (Phi) is 9.15. The number of amides is 1. The van der Waals surface area contributed by atoms with E-state index in [1.54, 1.807) is 37.4 Å². The number of ether oxygens (including phenoxy) is 3. The van der Waals surface area contributed by atoms with Gasteiger partial charge < -0.3 is 14.2 Å². The molecule has 28 heavy (non-hydrogen) atoms. The van der Waals surface area contributed by atoms with Gasteiger partial charge in [0.05, 0.1) is 19.9 Å². The molecule has 1 amide bonds. The van der Waals surface area contributed by atoms with Crippen molar-refractivity contribution in [1.82, 2.24) is 5.43 Å². The van der Waals surface area contributed by atoms with Crippen LogP contribution in [0.5, 0.6) is 17.2 Å². The predicted molar refractivity (Wildman–Crippen MR) is 111 cm³/mol. The van der Waals surface area contributed by atoms with Gasteiger partial charge in [-0.2, -0.15) is 5.10 Å². The van der Waals surface area contributed by atoms with Crippen LogP contribution in [0, 0.1) is 0 Å². The molecule has 0 heterocycles. The number of unbranched alkanes of at least 4 members (excludes halogenated alkanes) is 2. The zero-order chi connectivity index (χ0) is 20.2. The zero-order valence-corrected chi connectivity index (χ0v) is 16.9. The van der Waals surface area contributed by atoms with Crippen molar-refractivity contribution >= 4 is 23.7 Å². The highest BCUT2D eigenvalue weighted by Gasteiger charge is 2.06. The van der Waals surface area contributed by atoms with Crippen molar-refractivity contribution < 1.29 is 19.0 Å². The summed E-state index contributed by atoms with van der Waals surface area (Å²) in [7, 11) is 1.59. The second-order valence-electron chi connectivity index (χ2n) is 6.01. The summed E-state index contributed by atoms with van der Waals surface area (Å²) in [5.41, 5.74) is 3.19. The van der Waals surface area contributed by atoms with Crippen LogP contribution in [-0.4, -0.2) is 32.4 Å². The first-order valence-electron chi connectivity index (χ1n) is 9.13. The molecular formula is C21H25ClN2O4. The lowest BCUT2D eigenvalue weighted by atomic mass is 10.2. The number of halogens is 1. The average Bonchev–Trinajstić information content (AvgIpc) is 2.70. The molecule has 0 aromatic heterocycles. The third kappa shape index (κ3) is 7.48. The van der Waals surface area contributed by atoms with E-state index in [9.17, 15) is 4.79 Å². The molecule has 1 N–H and O–H groups in total. The minimum absolute atomic E-state index is 0.161. The molecule has 7 heteroatoms. The topological polar surface area (TPSA) is 69.2 Å². The van der Waals surface area contributed by atoms with Gasteiger partial charge in [0, 0.05) is 5.02 Å². The Labute approximate surface area is 170 Å². The van der Waals surface area contributed by atoms with Crippen LogP contribution in [0.4, 0.5) is 0 Å². The molecule has 2 aromatic rings. The van der Waals surface area contributed by atoms with E-state index in [2.05, 4.69) is 17.5 Å². The van der Waals surface area contributed by atoms with E-state index in [0.29, 0.717) is 28.9 Å². The lowest BCUT2D eigenvalue weighted by molar-refractivity contribution is -0.123. The maximum Gasteiger partial charge on any atom is 0.277 e. The smallest absolute Gasteiger partial charge is 0.277 e. The van der Waals surface area contributed by atoms with E-state index in [0.717, 1.165) is 24.8 Å². The number of nitrogens with one attached hydrogen (secondary N) is 1. The zero-order valence-electron chi connectivity index (χ0n) is 16.1. The number of hydrazone groups is 1. The van der Waals surface area contributed by atoms with Crippen molar-refractivity contribution in [3.8, 4) is 17.2 Å². The molecule has 2 rings (SSSR count). The number of carbonyl (C=O) groups excluding carboxylic acids is 1. The van der Waals surface area contributed by atoms with Crippen LogP contribution < -0.4 is 19.6 Å². The summed E-state index contributed by atoms with van der Waals surface area (Å²) >= 11 is 5.87. The fraction of sp³-hybridized carbons (Fsp3) is 0.333. The largest absolute Gasteiger partial charge is 0.493 e. The number of hydrogen-bond donors (Lipinski definition) is 1. The minimum Gasteiger partial charge on any atom is -0.493 e. The number of hydrogen-bond acceptors (Lipinski definition) is 5. The van der Waals surface area contributed by atoms with Gasteiger partial charge in [0.25, 0.3) is 5.91 Å². The first kappa shape index (κ1) is 21.6. The normalized spacial score (nSPS) is 10.7. The Morgan fingerprint density at radius 3 is 2.75 bits per heavy atom. The first-order valence-corrected chi connectivity index (χ1v) is 9.51. The maximum atomic E-state index is 11.8. The molecular weight excluding hydrogens is 380 g/mol. The summed E-state index contributed by atoms with van der Waals surface area (Å²) in [6, 6.07) is 12.3. The number of nitrogens with zero attached hydrogens (tertiary/aromatic N) is 1. The Hall–Kier alpha value is -2.73. The second kappa shape index (κ2) is 11.9. The molecule has 0 atom stereocenters. The van der Waals surface area contributed by atoms with Gasteiger partial charge in [-0.15, -0.1) is 0 Å². The van der Waals surface area contributed by atoms with Gasteiger partial charge in [0.1, 0.15) is 5.75 Å². The van der Waals surface area contributed by atoms with E-state index in [1.807, 2.05) is 12.1 Å². The molecule has 2 aromatic carbocycles. The van der Waals surface area contributed by atoms with E-state index in [4.69, 9.17) is 25.8 Å². The lowest BCUT2D eigenvalue weighted by Crippen LogP contribution is -2.24. The van der Waals surface area contributed by atoms with Crippen LogP contribution >= 0.6 is 11.6 Å². The Balaban J connectivity index is 1.83. The van der Waals surface area contributed by atoms with Crippen molar-refractivity contribution in [2.75, 3.05) is 20.3 Å². The van der Waals surface area contributed by atoms with Gasteiger partial charge >= 0.3 is 0 Å². The highest BCUT2D eigenvalue weighted by Crippen LogP contribution is 2.27. The van der Waals surface area contributed by atoms with Gasteiger partial charge in [-0.1, -0.05) is 37.4 Å². The van der Waals surface area contributed by atoms with E-state index in [1.165, 1.54) is 6.21 Å². The van der Waals surface area contributed by atoms with Gasteiger partial charge in [0.15, 0.2) is 18.1 Å².